The third kappa shape index (κ3) is 5.08. The number of hydrogen-bond acceptors (Lipinski definition) is 6. The number of alkyl halides is 3. The molecule has 0 aliphatic heterocycles. The SMILES string of the molecule is CN(Cc1nc2ccccc2c(=O)[nH]1)C(=O)CCc1nnc(-c2cccc(C(F)(F)F)c2)o1. The molecule has 1 amide bonds. The van der Waals surface area contributed by atoms with Crippen molar-refractivity contribution in [2.45, 2.75) is 25.6 Å². The molecule has 0 saturated carbocycles. The highest BCUT2D eigenvalue weighted by molar-refractivity contribution is 5.77. The number of aryl methyl sites for hydroxylation is 1. The van der Waals surface area contributed by atoms with E-state index in [4.69, 9.17) is 4.42 Å². The summed E-state index contributed by atoms with van der Waals surface area (Å²) in [5, 5.41) is 8.06. The van der Waals surface area contributed by atoms with Crippen LogP contribution in [0.2, 0.25) is 0 Å². The third-order valence-electron chi connectivity index (χ3n) is 4.93. The summed E-state index contributed by atoms with van der Waals surface area (Å²) in [6.07, 6.45) is -4.35. The Morgan fingerprint density at radius 2 is 1.91 bits per heavy atom. The molecule has 0 aliphatic rings. The van der Waals surface area contributed by atoms with Crippen molar-refractivity contribution in [2.75, 3.05) is 7.05 Å². The Hall–Kier alpha value is -4.02. The van der Waals surface area contributed by atoms with E-state index in [0.29, 0.717) is 16.7 Å². The summed E-state index contributed by atoms with van der Waals surface area (Å²) in [4.78, 5) is 33.1. The molecule has 11 heteroatoms. The van der Waals surface area contributed by atoms with Crippen LogP contribution in [0, 0.1) is 0 Å². The van der Waals surface area contributed by atoms with E-state index in [0.717, 1.165) is 12.1 Å². The topological polar surface area (TPSA) is 105 Å². The van der Waals surface area contributed by atoms with Crippen molar-refractivity contribution in [3.63, 3.8) is 0 Å². The second-order valence-electron chi connectivity index (χ2n) is 7.36. The number of benzene rings is 2. The van der Waals surface area contributed by atoms with Gasteiger partial charge in [-0.05, 0) is 30.3 Å². The molecule has 0 saturated heterocycles. The molecule has 0 unspecified atom stereocenters. The first kappa shape index (κ1) is 22.2. The Bertz CT molecular complexity index is 1360. The molecule has 0 aliphatic carbocycles. The van der Waals surface area contributed by atoms with E-state index in [1.54, 1.807) is 31.3 Å². The molecule has 0 atom stereocenters. The maximum atomic E-state index is 12.9. The Morgan fingerprint density at radius 3 is 2.70 bits per heavy atom. The van der Waals surface area contributed by atoms with Crippen molar-refractivity contribution in [3.05, 3.63) is 76.2 Å². The highest BCUT2D eigenvalue weighted by Crippen LogP contribution is 2.31. The lowest BCUT2D eigenvalue weighted by Crippen LogP contribution is -2.28. The minimum absolute atomic E-state index is 0.0263. The lowest BCUT2D eigenvalue weighted by Gasteiger charge is -2.16. The van der Waals surface area contributed by atoms with Gasteiger partial charge in [0.05, 0.1) is 23.0 Å². The average molecular weight is 457 g/mol. The molecule has 33 heavy (non-hydrogen) atoms. The molecule has 0 bridgehead atoms. The summed E-state index contributed by atoms with van der Waals surface area (Å²) < 4.78 is 44.1. The minimum Gasteiger partial charge on any atom is -0.421 e. The van der Waals surface area contributed by atoms with Crippen molar-refractivity contribution >= 4 is 16.8 Å². The number of carbonyl (C=O) groups excluding carboxylic acids is 1. The fourth-order valence-electron chi connectivity index (χ4n) is 3.23. The molecular formula is C22H18F3N5O3. The second kappa shape index (κ2) is 8.85. The Kier molecular flexibility index (Phi) is 5.95. The van der Waals surface area contributed by atoms with Crippen LogP contribution in [0.4, 0.5) is 13.2 Å². The Morgan fingerprint density at radius 1 is 1.12 bits per heavy atom. The summed E-state index contributed by atoms with van der Waals surface area (Å²) in [5.41, 5.74) is -0.440. The number of amides is 1. The standard InChI is InChI=1S/C22H18F3N5O3/c1-30(12-17-26-16-8-3-2-7-15(16)20(32)27-17)19(31)10-9-18-28-29-21(33-18)13-5-4-6-14(11-13)22(23,24)25/h2-8,11H,9-10,12H2,1H3,(H,26,27,32). The van der Waals surface area contributed by atoms with E-state index in [-0.39, 0.29) is 48.2 Å². The number of halogens is 3. The smallest absolute Gasteiger partial charge is 0.416 e. The van der Waals surface area contributed by atoms with Gasteiger partial charge in [-0.1, -0.05) is 18.2 Å². The quantitative estimate of drug-likeness (QED) is 0.475. The van der Waals surface area contributed by atoms with Gasteiger partial charge in [0.1, 0.15) is 5.82 Å². The average Bonchev–Trinajstić information content (AvgIpc) is 3.26. The van der Waals surface area contributed by atoms with Gasteiger partial charge in [0, 0.05) is 25.5 Å². The van der Waals surface area contributed by atoms with Crippen LogP contribution in [-0.4, -0.2) is 38.0 Å². The van der Waals surface area contributed by atoms with Gasteiger partial charge in [0.25, 0.3) is 5.56 Å². The van der Waals surface area contributed by atoms with Gasteiger partial charge in [-0.15, -0.1) is 10.2 Å². The molecule has 2 aromatic carbocycles. The van der Waals surface area contributed by atoms with Gasteiger partial charge < -0.3 is 14.3 Å². The number of para-hydroxylation sites is 1. The second-order valence-corrected chi connectivity index (χ2v) is 7.36. The molecule has 0 fully saturated rings. The number of nitrogens with one attached hydrogen (secondary N) is 1. The summed E-state index contributed by atoms with van der Waals surface area (Å²) in [6, 6.07) is 11.5. The number of hydrogen-bond donors (Lipinski definition) is 1. The Balaban J connectivity index is 1.38. The van der Waals surface area contributed by atoms with Crippen molar-refractivity contribution in [1.82, 2.24) is 25.1 Å². The molecule has 170 valence electrons. The van der Waals surface area contributed by atoms with E-state index in [1.807, 2.05) is 0 Å². The lowest BCUT2D eigenvalue weighted by atomic mass is 10.1. The number of aromatic nitrogens is 4. The molecule has 4 rings (SSSR count). The summed E-state index contributed by atoms with van der Waals surface area (Å²) >= 11 is 0. The first-order chi connectivity index (χ1) is 15.7. The lowest BCUT2D eigenvalue weighted by molar-refractivity contribution is -0.137. The Labute approximate surface area is 185 Å². The molecule has 2 aromatic heterocycles. The van der Waals surface area contributed by atoms with E-state index >= 15 is 0 Å². The minimum atomic E-state index is -4.49. The number of aromatic amines is 1. The van der Waals surface area contributed by atoms with Crippen LogP contribution in [0.25, 0.3) is 22.4 Å². The molecule has 4 aromatic rings. The van der Waals surface area contributed by atoms with E-state index < -0.39 is 11.7 Å². The van der Waals surface area contributed by atoms with Gasteiger partial charge in [0.2, 0.25) is 17.7 Å². The molecule has 8 nitrogen and oxygen atoms in total. The fraction of sp³-hybridized carbons (Fsp3) is 0.227. The first-order valence-electron chi connectivity index (χ1n) is 9.92. The van der Waals surface area contributed by atoms with E-state index in [1.165, 1.54) is 17.0 Å². The van der Waals surface area contributed by atoms with Crippen LogP contribution in [0.15, 0.2) is 57.7 Å². The third-order valence-corrected chi connectivity index (χ3v) is 4.93. The first-order valence-corrected chi connectivity index (χ1v) is 9.92. The zero-order valence-corrected chi connectivity index (χ0v) is 17.4. The van der Waals surface area contributed by atoms with Crippen LogP contribution in [0.1, 0.15) is 23.7 Å². The van der Waals surface area contributed by atoms with Crippen molar-refractivity contribution in [3.8, 4) is 11.5 Å². The number of nitrogens with zero attached hydrogens (tertiary/aromatic N) is 4. The summed E-state index contributed by atoms with van der Waals surface area (Å²) in [5.74, 6) is 0.153. The van der Waals surface area contributed by atoms with Crippen LogP contribution in [0.3, 0.4) is 0 Å². The van der Waals surface area contributed by atoms with Gasteiger partial charge in [-0.3, -0.25) is 9.59 Å². The van der Waals surface area contributed by atoms with Crippen molar-refractivity contribution < 1.29 is 22.4 Å². The zero-order chi connectivity index (χ0) is 23.6. The van der Waals surface area contributed by atoms with Crippen molar-refractivity contribution in [2.24, 2.45) is 0 Å². The number of carbonyl (C=O) groups is 1. The predicted octanol–water partition coefficient (Wildman–Crippen LogP) is 3.58. The van der Waals surface area contributed by atoms with Gasteiger partial charge in [0.15, 0.2) is 0 Å². The highest BCUT2D eigenvalue weighted by atomic mass is 19.4. The maximum Gasteiger partial charge on any atom is 0.416 e. The number of H-pyrrole nitrogens is 1. The molecule has 1 N–H and O–H groups in total. The number of fused-ring (bicyclic) bond motifs is 1. The molecule has 0 spiro atoms. The number of rotatable bonds is 6. The van der Waals surface area contributed by atoms with Crippen LogP contribution in [0.5, 0.6) is 0 Å². The predicted molar refractivity (Wildman–Crippen MR) is 112 cm³/mol. The van der Waals surface area contributed by atoms with Crippen LogP contribution >= 0.6 is 0 Å². The maximum absolute atomic E-state index is 12.9. The highest BCUT2D eigenvalue weighted by Gasteiger charge is 2.30. The normalized spacial score (nSPS) is 11.6. The van der Waals surface area contributed by atoms with Gasteiger partial charge in [-0.25, -0.2) is 4.98 Å². The zero-order valence-electron chi connectivity index (χ0n) is 17.4. The largest absolute Gasteiger partial charge is 0.421 e. The monoisotopic (exact) mass is 457 g/mol. The van der Waals surface area contributed by atoms with Gasteiger partial charge in [-0.2, -0.15) is 13.2 Å². The molecule has 2 heterocycles. The molecular weight excluding hydrogens is 439 g/mol. The fourth-order valence-corrected chi connectivity index (χ4v) is 3.23. The van der Waals surface area contributed by atoms with E-state index in [2.05, 4.69) is 20.2 Å². The molecule has 0 radical (unpaired) electrons. The van der Waals surface area contributed by atoms with Crippen LogP contribution in [-0.2, 0) is 23.9 Å². The van der Waals surface area contributed by atoms with Gasteiger partial charge >= 0.3 is 6.18 Å². The van der Waals surface area contributed by atoms with Crippen LogP contribution < -0.4 is 5.56 Å². The summed E-state index contributed by atoms with van der Waals surface area (Å²) in [7, 11) is 1.57. The van der Waals surface area contributed by atoms with Crippen molar-refractivity contribution in [1.29, 1.82) is 0 Å². The van der Waals surface area contributed by atoms with E-state index in [9.17, 15) is 22.8 Å². The summed E-state index contributed by atoms with van der Waals surface area (Å²) in [6.45, 7) is 0.0955.